The standard InChI is InChI=1S/C20H16ClN5OS2/c1-2-11-26-18(13-7-9-14(21)10-8-13)24-25-20(26)28-12-17(27)23-19-22-15-5-3-4-6-16(15)29-19/h2-10H,1,11-12H2,(H,22,23,27). The molecule has 0 spiro atoms. The van der Waals surface area contributed by atoms with Gasteiger partial charge in [0.25, 0.3) is 0 Å². The van der Waals surface area contributed by atoms with Crippen LogP contribution in [0.2, 0.25) is 5.02 Å². The second-order valence-electron chi connectivity index (χ2n) is 6.04. The Hall–Kier alpha value is -2.68. The number of allylic oxidation sites excluding steroid dienone is 1. The maximum atomic E-state index is 12.4. The van der Waals surface area contributed by atoms with Crippen molar-refractivity contribution in [3.05, 3.63) is 66.2 Å². The molecular weight excluding hydrogens is 426 g/mol. The fourth-order valence-corrected chi connectivity index (χ4v) is 4.47. The zero-order chi connectivity index (χ0) is 20.2. The fourth-order valence-electron chi connectivity index (χ4n) is 2.71. The van der Waals surface area contributed by atoms with E-state index in [1.54, 1.807) is 6.08 Å². The van der Waals surface area contributed by atoms with Crippen LogP contribution >= 0.6 is 34.7 Å². The summed E-state index contributed by atoms with van der Waals surface area (Å²) in [4.78, 5) is 16.8. The Kier molecular flexibility index (Phi) is 5.94. The van der Waals surface area contributed by atoms with Crippen LogP contribution in [-0.4, -0.2) is 31.4 Å². The summed E-state index contributed by atoms with van der Waals surface area (Å²) in [7, 11) is 0. The Morgan fingerprint density at radius 3 is 2.76 bits per heavy atom. The Morgan fingerprint density at radius 2 is 2.00 bits per heavy atom. The van der Waals surface area contributed by atoms with Crippen molar-refractivity contribution < 1.29 is 4.79 Å². The van der Waals surface area contributed by atoms with Crippen LogP contribution in [0.15, 0.2) is 66.3 Å². The summed E-state index contributed by atoms with van der Waals surface area (Å²) in [5.41, 5.74) is 1.77. The minimum absolute atomic E-state index is 0.143. The highest BCUT2D eigenvalue weighted by Crippen LogP contribution is 2.27. The first-order valence-electron chi connectivity index (χ1n) is 8.72. The van der Waals surface area contributed by atoms with Gasteiger partial charge in [-0.25, -0.2) is 4.98 Å². The summed E-state index contributed by atoms with van der Waals surface area (Å²) in [5, 5.41) is 13.3. The number of nitrogens with one attached hydrogen (secondary N) is 1. The number of anilines is 1. The third kappa shape index (κ3) is 4.50. The predicted molar refractivity (Wildman–Crippen MR) is 120 cm³/mol. The number of amides is 1. The number of nitrogens with zero attached hydrogens (tertiary/aromatic N) is 4. The number of carbonyl (C=O) groups excluding carboxylic acids is 1. The van der Waals surface area contributed by atoms with Gasteiger partial charge in [-0.1, -0.05) is 52.9 Å². The maximum absolute atomic E-state index is 12.4. The van der Waals surface area contributed by atoms with Gasteiger partial charge in [0.1, 0.15) is 0 Å². The lowest BCUT2D eigenvalue weighted by Crippen LogP contribution is -2.14. The number of hydrogen-bond acceptors (Lipinski definition) is 6. The van der Waals surface area contributed by atoms with Crippen molar-refractivity contribution in [1.29, 1.82) is 0 Å². The van der Waals surface area contributed by atoms with Crippen molar-refractivity contribution in [2.45, 2.75) is 11.7 Å². The molecule has 4 aromatic rings. The number of fused-ring (bicyclic) bond motifs is 1. The topological polar surface area (TPSA) is 72.7 Å². The molecule has 0 aliphatic rings. The van der Waals surface area contributed by atoms with E-state index < -0.39 is 0 Å². The van der Waals surface area contributed by atoms with Crippen LogP contribution in [0, 0.1) is 0 Å². The minimum Gasteiger partial charge on any atom is -0.301 e. The highest BCUT2D eigenvalue weighted by atomic mass is 35.5. The molecule has 29 heavy (non-hydrogen) atoms. The van der Waals surface area contributed by atoms with Gasteiger partial charge in [-0.2, -0.15) is 0 Å². The number of thiazole rings is 1. The fraction of sp³-hybridized carbons (Fsp3) is 0.100. The van der Waals surface area contributed by atoms with Gasteiger partial charge in [-0.3, -0.25) is 9.36 Å². The average Bonchev–Trinajstić information content (AvgIpc) is 3.31. The summed E-state index contributed by atoms with van der Waals surface area (Å²) < 4.78 is 2.96. The summed E-state index contributed by atoms with van der Waals surface area (Å²) in [6.45, 7) is 4.34. The van der Waals surface area contributed by atoms with Gasteiger partial charge in [0.15, 0.2) is 16.1 Å². The molecule has 0 radical (unpaired) electrons. The molecule has 0 fully saturated rings. The molecule has 0 aliphatic heterocycles. The lowest BCUT2D eigenvalue weighted by Gasteiger charge is -2.07. The van der Waals surface area contributed by atoms with E-state index in [4.69, 9.17) is 11.6 Å². The van der Waals surface area contributed by atoms with Gasteiger partial charge in [0.05, 0.1) is 16.0 Å². The quantitative estimate of drug-likeness (QED) is 0.318. The highest BCUT2D eigenvalue weighted by Gasteiger charge is 2.15. The second kappa shape index (κ2) is 8.77. The van der Waals surface area contributed by atoms with Crippen LogP contribution in [0.25, 0.3) is 21.6 Å². The molecule has 146 valence electrons. The van der Waals surface area contributed by atoms with Gasteiger partial charge >= 0.3 is 0 Å². The molecule has 0 atom stereocenters. The van der Waals surface area contributed by atoms with Crippen molar-refractivity contribution >= 4 is 56.0 Å². The van der Waals surface area contributed by atoms with Gasteiger partial charge in [0, 0.05) is 17.1 Å². The van der Waals surface area contributed by atoms with Crippen molar-refractivity contribution in [2.24, 2.45) is 0 Å². The second-order valence-corrected chi connectivity index (χ2v) is 8.45. The Bertz CT molecular complexity index is 1140. The molecule has 2 heterocycles. The predicted octanol–water partition coefficient (Wildman–Crippen LogP) is 5.13. The molecule has 0 saturated carbocycles. The normalized spacial score (nSPS) is 10.9. The van der Waals surface area contributed by atoms with E-state index in [2.05, 4.69) is 27.1 Å². The van der Waals surface area contributed by atoms with Crippen molar-refractivity contribution in [1.82, 2.24) is 19.7 Å². The molecule has 2 aromatic heterocycles. The first kappa shape index (κ1) is 19.6. The Morgan fingerprint density at radius 1 is 1.21 bits per heavy atom. The third-order valence-corrected chi connectivity index (χ3v) is 6.17. The van der Waals surface area contributed by atoms with Crippen LogP contribution in [0.3, 0.4) is 0 Å². The van der Waals surface area contributed by atoms with E-state index in [1.165, 1.54) is 23.1 Å². The lowest BCUT2D eigenvalue weighted by molar-refractivity contribution is -0.113. The lowest BCUT2D eigenvalue weighted by atomic mass is 10.2. The number of aromatic nitrogens is 4. The molecule has 0 unspecified atom stereocenters. The van der Waals surface area contributed by atoms with Crippen molar-refractivity contribution in [3.8, 4) is 11.4 Å². The van der Waals surface area contributed by atoms with E-state index in [-0.39, 0.29) is 11.7 Å². The number of rotatable bonds is 7. The number of para-hydroxylation sites is 1. The molecule has 2 aromatic carbocycles. The molecule has 1 N–H and O–H groups in total. The molecule has 0 bridgehead atoms. The Labute approximate surface area is 180 Å². The monoisotopic (exact) mass is 441 g/mol. The average molecular weight is 442 g/mol. The number of benzene rings is 2. The molecule has 4 rings (SSSR count). The molecule has 6 nitrogen and oxygen atoms in total. The SMILES string of the molecule is C=CCn1c(SCC(=O)Nc2nc3ccccc3s2)nnc1-c1ccc(Cl)cc1. The number of thioether (sulfide) groups is 1. The molecular formula is C20H16ClN5OS2. The largest absolute Gasteiger partial charge is 0.301 e. The van der Waals surface area contributed by atoms with E-state index in [0.29, 0.717) is 27.7 Å². The van der Waals surface area contributed by atoms with Crippen molar-refractivity contribution in [2.75, 3.05) is 11.1 Å². The van der Waals surface area contributed by atoms with Crippen LogP contribution < -0.4 is 5.32 Å². The maximum Gasteiger partial charge on any atom is 0.236 e. The van der Waals surface area contributed by atoms with E-state index in [9.17, 15) is 4.79 Å². The summed E-state index contributed by atoms with van der Waals surface area (Å²) >= 11 is 8.74. The first-order valence-corrected chi connectivity index (χ1v) is 10.9. The summed E-state index contributed by atoms with van der Waals surface area (Å²) in [5.74, 6) is 0.761. The van der Waals surface area contributed by atoms with Crippen LogP contribution in [0.5, 0.6) is 0 Å². The molecule has 0 aliphatic carbocycles. The summed E-state index contributed by atoms with van der Waals surface area (Å²) in [6.07, 6.45) is 1.77. The molecule has 9 heteroatoms. The zero-order valence-electron chi connectivity index (χ0n) is 15.2. The van der Waals surface area contributed by atoms with Crippen LogP contribution in [-0.2, 0) is 11.3 Å². The summed E-state index contributed by atoms with van der Waals surface area (Å²) in [6, 6.07) is 15.2. The van der Waals surface area contributed by atoms with E-state index >= 15 is 0 Å². The van der Waals surface area contributed by atoms with Gasteiger partial charge < -0.3 is 5.32 Å². The molecule has 1 amide bonds. The van der Waals surface area contributed by atoms with Gasteiger partial charge in [0.2, 0.25) is 5.91 Å². The first-order chi connectivity index (χ1) is 14.1. The van der Waals surface area contributed by atoms with Crippen molar-refractivity contribution in [3.63, 3.8) is 0 Å². The third-order valence-electron chi connectivity index (χ3n) is 4.00. The number of halogens is 1. The van der Waals surface area contributed by atoms with E-state index in [1.807, 2.05) is 53.1 Å². The highest BCUT2D eigenvalue weighted by molar-refractivity contribution is 7.99. The molecule has 0 saturated heterocycles. The zero-order valence-corrected chi connectivity index (χ0v) is 17.6. The van der Waals surface area contributed by atoms with Gasteiger partial charge in [-0.15, -0.1) is 16.8 Å². The number of hydrogen-bond donors (Lipinski definition) is 1. The Balaban J connectivity index is 1.46. The number of carbonyl (C=O) groups is 1. The van der Waals surface area contributed by atoms with Crippen LogP contribution in [0.1, 0.15) is 0 Å². The van der Waals surface area contributed by atoms with Gasteiger partial charge in [-0.05, 0) is 36.4 Å². The minimum atomic E-state index is -0.143. The van der Waals surface area contributed by atoms with Crippen LogP contribution in [0.4, 0.5) is 5.13 Å². The smallest absolute Gasteiger partial charge is 0.236 e. The van der Waals surface area contributed by atoms with E-state index in [0.717, 1.165) is 15.8 Å².